The van der Waals surface area contributed by atoms with E-state index in [0.29, 0.717) is 5.41 Å². The fourth-order valence-electron chi connectivity index (χ4n) is 4.37. The zero-order valence-electron chi connectivity index (χ0n) is 9.65. The first kappa shape index (κ1) is 9.04. The SMILES string of the molecule is C1=CC2CC1CC21CCc2ccccc2C1. The lowest BCUT2D eigenvalue weighted by molar-refractivity contribution is 0.195. The number of rotatable bonds is 0. The van der Waals surface area contributed by atoms with Crippen LogP contribution < -0.4 is 0 Å². The first-order chi connectivity index (χ1) is 7.86. The Kier molecular flexibility index (Phi) is 1.69. The molecule has 1 spiro atoms. The van der Waals surface area contributed by atoms with Gasteiger partial charge in [-0.05, 0) is 60.5 Å². The van der Waals surface area contributed by atoms with Gasteiger partial charge in [0.05, 0.1) is 0 Å². The molecule has 3 unspecified atom stereocenters. The van der Waals surface area contributed by atoms with E-state index in [0.717, 1.165) is 11.8 Å². The molecule has 0 N–H and O–H groups in total. The van der Waals surface area contributed by atoms with Crippen molar-refractivity contribution in [1.29, 1.82) is 0 Å². The van der Waals surface area contributed by atoms with E-state index in [2.05, 4.69) is 36.4 Å². The molecular weight excluding hydrogens is 192 g/mol. The van der Waals surface area contributed by atoms with Gasteiger partial charge in [0, 0.05) is 0 Å². The van der Waals surface area contributed by atoms with Gasteiger partial charge in [-0.2, -0.15) is 0 Å². The van der Waals surface area contributed by atoms with E-state index < -0.39 is 0 Å². The van der Waals surface area contributed by atoms with E-state index >= 15 is 0 Å². The summed E-state index contributed by atoms with van der Waals surface area (Å²) in [6, 6.07) is 9.08. The van der Waals surface area contributed by atoms with Crippen LogP contribution in [0.1, 0.15) is 30.4 Å². The van der Waals surface area contributed by atoms with Crippen LogP contribution in [0.2, 0.25) is 0 Å². The lowest BCUT2D eigenvalue weighted by Crippen LogP contribution is -2.32. The topological polar surface area (TPSA) is 0 Å². The van der Waals surface area contributed by atoms with Crippen LogP contribution in [0, 0.1) is 17.3 Å². The molecule has 0 nitrogen and oxygen atoms in total. The van der Waals surface area contributed by atoms with Gasteiger partial charge in [0.2, 0.25) is 0 Å². The molecule has 3 aliphatic carbocycles. The van der Waals surface area contributed by atoms with Crippen molar-refractivity contribution in [1.82, 2.24) is 0 Å². The minimum absolute atomic E-state index is 0.647. The lowest BCUT2D eigenvalue weighted by atomic mass is 9.64. The van der Waals surface area contributed by atoms with Crippen LogP contribution in [0.4, 0.5) is 0 Å². The van der Waals surface area contributed by atoms with Crippen LogP contribution >= 0.6 is 0 Å². The summed E-state index contributed by atoms with van der Waals surface area (Å²) in [4.78, 5) is 0. The summed E-state index contributed by atoms with van der Waals surface area (Å²) < 4.78 is 0. The summed E-state index contributed by atoms with van der Waals surface area (Å²) in [5, 5.41) is 0. The summed E-state index contributed by atoms with van der Waals surface area (Å²) >= 11 is 0. The number of hydrogen-bond acceptors (Lipinski definition) is 0. The molecule has 16 heavy (non-hydrogen) atoms. The van der Waals surface area contributed by atoms with E-state index in [-0.39, 0.29) is 0 Å². The second-order valence-corrected chi connectivity index (χ2v) is 6.00. The Hall–Kier alpha value is -1.04. The molecule has 1 saturated carbocycles. The average Bonchev–Trinajstić information content (AvgIpc) is 2.89. The second-order valence-electron chi connectivity index (χ2n) is 6.00. The molecule has 4 rings (SSSR count). The molecule has 0 aliphatic heterocycles. The molecule has 0 radical (unpaired) electrons. The first-order valence-electron chi connectivity index (χ1n) is 6.61. The third-order valence-electron chi connectivity index (χ3n) is 5.18. The quantitative estimate of drug-likeness (QED) is 0.572. The number of benzene rings is 1. The van der Waals surface area contributed by atoms with Gasteiger partial charge in [0.25, 0.3) is 0 Å². The number of aryl methyl sites for hydroxylation is 1. The highest BCUT2D eigenvalue weighted by atomic mass is 14.5. The fourth-order valence-corrected chi connectivity index (χ4v) is 4.37. The van der Waals surface area contributed by atoms with Crippen molar-refractivity contribution in [3.05, 3.63) is 47.5 Å². The van der Waals surface area contributed by atoms with Gasteiger partial charge in [-0.15, -0.1) is 0 Å². The number of fused-ring (bicyclic) bond motifs is 4. The highest BCUT2D eigenvalue weighted by Crippen LogP contribution is 2.57. The first-order valence-corrected chi connectivity index (χ1v) is 6.61. The molecule has 0 amide bonds. The van der Waals surface area contributed by atoms with Crippen LogP contribution in [-0.2, 0) is 12.8 Å². The highest BCUT2D eigenvalue weighted by molar-refractivity contribution is 5.33. The van der Waals surface area contributed by atoms with Crippen LogP contribution in [0.3, 0.4) is 0 Å². The van der Waals surface area contributed by atoms with Gasteiger partial charge in [0.15, 0.2) is 0 Å². The Morgan fingerprint density at radius 1 is 1.06 bits per heavy atom. The van der Waals surface area contributed by atoms with Crippen LogP contribution in [-0.4, -0.2) is 0 Å². The molecule has 2 bridgehead atoms. The monoisotopic (exact) mass is 210 g/mol. The molecule has 0 heterocycles. The van der Waals surface area contributed by atoms with Crippen LogP contribution in [0.25, 0.3) is 0 Å². The van der Waals surface area contributed by atoms with Gasteiger partial charge in [0.1, 0.15) is 0 Å². The van der Waals surface area contributed by atoms with E-state index in [4.69, 9.17) is 0 Å². The maximum atomic E-state index is 2.52. The molecule has 0 aromatic heterocycles. The maximum Gasteiger partial charge on any atom is -0.0168 e. The van der Waals surface area contributed by atoms with E-state index in [9.17, 15) is 0 Å². The Morgan fingerprint density at radius 3 is 2.69 bits per heavy atom. The van der Waals surface area contributed by atoms with E-state index in [1.54, 1.807) is 11.1 Å². The van der Waals surface area contributed by atoms with Crippen LogP contribution in [0.5, 0.6) is 0 Å². The van der Waals surface area contributed by atoms with Gasteiger partial charge >= 0.3 is 0 Å². The fraction of sp³-hybridized carbons (Fsp3) is 0.500. The van der Waals surface area contributed by atoms with E-state index in [1.165, 1.54) is 32.1 Å². The summed E-state index contributed by atoms with van der Waals surface area (Å²) in [5.74, 6) is 1.81. The highest BCUT2D eigenvalue weighted by Gasteiger charge is 2.48. The van der Waals surface area contributed by atoms with Gasteiger partial charge in [-0.1, -0.05) is 36.4 Å². The average molecular weight is 210 g/mol. The van der Waals surface area contributed by atoms with Crippen molar-refractivity contribution < 1.29 is 0 Å². The number of hydrogen-bond donors (Lipinski definition) is 0. The summed E-state index contributed by atoms with van der Waals surface area (Å²) in [6.07, 6.45) is 12.0. The number of allylic oxidation sites excluding steroid dienone is 2. The predicted molar refractivity (Wildman–Crippen MR) is 66.3 cm³/mol. The summed E-state index contributed by atoms with van der Waals surface area (Å²) in [7, 11) is 0. The third-order valence-corrected chi connectivity index (χ3v) is 5.18. The molecule has 1 aromatic carbocycles. The summed E-state index contributed by atoms with van der Waals surface area (Å²) in [5.41, 5.74) is 3.89. The standard InChI is InChI=1S/C16H18/c1-2-4-14-11-16(8-7-13(14)3-1)10-12-5-6-15(16)9-12/h1-6,12,15H,7-11H2. The minimum atomic E-state index is 0.647. The van der Waals surface area contributed by atoms with Gasteiger partial charge < -0.3 is 0 Å². The lowest BCUT2D eigenvalue weighted by Gasteiger charge is -2.40. The smallest absolute Gasteiger partial charge is 0.0168 e. The van der Waals surface area contributed by atoms with Crippen molar-refractivity contribution in [2.24, 2.45) is 17.3 Å². The van der Waals surface area contributed by atoms with Crippen molar-refractivity contribution in [3.63, 3.8) is 0 Å². The predicted octanol–water partition coefficient (Wildman–Crippen LogP) is 3.76. The molecule has 1 aromatic rings. The Bertz CT molecular complexity index is 457. The molecule has 0 saturated heterocycles. The van der Waals surface area contributed by atoms with Crippen molar-refractivity contribution in [3.8, 4) is 0 Å². The second kappa shape index (κ2) is 3.00. The molecule has 0 heteroatoms. The molecule has 3 atom stereocenters. The largest absolute Gasteiger partial charge is 0.0851 e. The molecule has 82 valence electrons. The Balaban J connectivity index is 1.73. The molecular formula is C16H18. The maximum absolute atomic E-state index is 2.52. The van der Waals surface area contributed by atoms with Crippen LogP contribution in [0.15, 0.2) is 36.4 Å². The minimum Gasteiger partial charge on any atom is -0.0851 e. The normalized spacial score (nSPS) is 39.2. The third kappa shape index (κ3) is 1.10. The Labute approximate surface area is 97.4 Å². The zero-order chi connectivity index (χ0) is 10.6. The van der Waals surface area contributed by atoms with Crippen molar-refractivity contribution in [2.75, 3.05) is 0 Å². The van der Waals surface area contributed by atoms with Crippen molar-refractivity contribution in [2.45, 2.75) is 32.1 Å². The van der Waals surface area contributed by atoms with Gasteiger partial charge in [-0.3, -0.25) is 0 Å². The Morgan fingerprint density at radius 2 is 1.94 bits per heavy atom. The molecule has 3 aliphatic rings. The van der Waals surface area contributed by atoms with Gasteiger partial charge in [-0.25, -0.2) is 0 Å². The van der Waals surface area contributed by atoms with E-state index in [1.807, 2.05) is 0 Å². The zero-order valence-corrected chi connectivity index (χ0v) is 9.65. The summed E-state index contributed by atoms with van der Waals surface area (Å²) in [6.45, 7) is 0. The van der Waals surface area contributed by atoms with Crippen molar-refractivity contribution >= 4 is 0 Å². The molecule has 1 fully saturated rings.